The number of amides is 2. The van der Waals surface area contributed by atoms with Crippen molar-refractivity contribution in [1.82, 2.24) is 10.2 Å². The fourth-order valence-corrected chi connectivity index (χ4v) is 6.67. The average Bonchev–Trinajstić information content (AvgIpc) is 3.46. The van der Waals surface area contributed by atoms with Crippen molar-refractivity contribution in [2.75, 3.05) is 10.8 Å². The zero-order chi connectivity index (χ0) is 28.7. The molecule has 1 fully saturated rings. The summed E-state index contributed by atoms with van der Waals surface area (Å²) < 4.78 is 28.9. The summed E-state index contributed by atoms with van der Waals surface area (Å²) in [5.41, 5.74) is 1.96. The number of benzene rings is 3. The Morgan fingerprint density at radius 2 is 1.57 bits per heavy atom. The molecule has 0 aromatic heterocycles. The Kier molecular flexibility index (Phi) is 9.87. The Bertz CT molecular complexity index is 1410. The van der Waals surface area contributed by atoms with E-state index in [4.69, 9.17) is 11.6 Å². The van der Waals surface area contributed by atoms with E-state index in [-0.39, 0.29) is 23.4 Å². The van der Waals surface area contributed by atoms with Crippen LogP contribution in [-0.4, -0.2) is 43.8 Å². The Morgan fingerprint density at radius 3 is 2.20 bits per heavy atom. The summed E-state index contributed by atoms with van der Waals surface area (Å²) in [6.07, 6.45) is 4.32. The molecular formula is C31H36ClN3O4S. The standard InChI is InChI=1S/C31H36ClN3O4S/c1-3-29(31(37)33-25-12-8-9-13-25)34(21-24-11-7-10-16-28(24)32)30(36)22-35(26-14-5-4-6-15-26)40(38,39)27-19-17-23(2)18-20-27/h4-7,10-11,14-20,25,29H,3,8-9,12-13,21-22H2,1-2H3,(H,33,37)/t29-/m0/s1. The van der Waals surface area contributed by atoms with Gasteiger partial charge in [0.1, 0.15) is 12.6 Å². The molecule has 9 heteroatoms. The van der Waals surface area contributed by atoms with E-state index in [2.05, 4.69) is 5.32 Å². The second kappa shape index (κ2) is 13.3. The van der Waals surface area contributed by atoms with Crippen LogP contribution in [0, 0.1) is 6.92 Å². The van der Waals surface area contributed by atoms with Crippen LogP contribution in [0.4, 0.5) is 5.69 Å². The molecule has 0 radical (unpaired) electrons. The first-order chi connectivity index (χ1) is 19.2. The first kappa shape index (κ1) is 29.6. The maximum Gasteiger partial charge on any atom is 0.264 e. The normalized spacial score (nSPS) is 14.5. The summed E-state index contributed by atoms with van der Waals surface area (Å²) in [6.45, 7) is 3.33. The number of aryl methyl sites for hydroxylation is 1. The first-order valence-electron chi connectivity index (χ1n) is 13.7. The van der Waals surface area contributed by atoms with Crippen molar-refractivity contribution in [3.63, 3.8) is 0 Å². The molecule has 1 aliphatic rings. The van der Waals surface area contributed by atoms with Crippen LogP contribution in [0.15, 0.2) is 83.8 Å². The van der Waals surface area contributed by atoms with E-state index in [0.29, 0.717) is 22.7 Å². The highest BCUT2D eigenvalue weighted by molar-refractivity contribution is 7.92. The lowest BCUT2D eigenvalue weighted by atomic mass is 10.1. The molecule has 1 aliphatic carbocycles. The minimum atomic E-state index is -4.09. The van der Waals surface area contributed by atoms with Gasteiger partial charge in [-0.1, -0.05) is 85.5 Å². The molecule has 212 valence electrons. The van der Waals surface area contributed by atoms with Gasteiger partial charge in [-0.3, -0.25) is 13.9 Å². The highest BCUT2D eigenvalue weighted by atomic mass is 35.5. The van der Waals surface area contributed by atoms with Crippen LogP contribution in [0.2, 0.25) is 5.02 Å². The second-order valence-corrected chi connectivity index (χ2v) is 12.5. The molecule has 40 heavy (non-hydrogen) atoms. The number of halogens is 1. The van der Waals surface area contributed by atoms with Crippen LogP contribution < -0.4 is 9.62 Å². The number of hydrogen-bond acceptors (Lipinski definition) is 4. The molecule has 7 nitrogen and oxygen atoms in total. The Morgan fingerprint density at radius 1 is 0.950 bits per heavy atom. The van der Waals surface area contributed by atoms with Gasteiger partial charge in [-0.25, -0.2) is 8.42 Å². The number of hydrogen-bond donors (Lipinski definition) is 1. The van der Waals surface area contributed by atoms with Crippen LogP contribution in [0.3, 0.4) is 0 Å². The molecule has 3 aromatic rings. The van der Waals surface area contributed by atoms with Gasteiger partial charge in [-0.05, 0) is 62.1 Å². The molecule has 0 spiro atoms. The van der Waals surface area contributed by atoms with Crippen LogP contribution in [0.1, 0.15) is 50.2 Å². The third kappa shape index (κ3) is 7.04. The van der Waals surface area contributed by atoms with Crippen molar-refractivity contribution in [3.05, 3.63) is 95.0 Å². The summed E-state index contributed by atoms with van der Waals surface area (Å²) in [4.78, 5) is 29.1. The molecule has 2 amide bonds. The van der Waals surface area contributed by atoms with E-state index in [9.17, 15) is 18.0 Å². The van der Waals surface area contributed by atoms with Crippen molar-refractivity contribution in [1.29, 1.82) is 0 Å². The van der Waals surface area contributed by atoms with E-state index < -0.39 is 28.5 Å². The molecule has 3 aromatic carbocycles. The van der Waals surface area contributed by atoms with Gasteiger partial charge in [0.25, 0.3) is 10.0 Å². The van der Waals surface area contributed by atoms with Gasteiger partial charge in [0.2, 0.25) is 11.8 Å². The van der Waals surface area contributed by atoms with Gasteiger partial charge in [0, 0.05) is 17.6 Å². The maximum atomic E-state index is 14.1. The van der Waals surface area contributed by atoms with Gasteiger partial charge < -0.3 is 10.2 Å². The Balaban J connectivity index is 1.70. The van der Waals surface area contributed by atoms with Crippen molar-refractivity contribution in [2.24, 2.45) is 0 Å². The lowest BCUT2D eigenvalue weighted by Crippen LogP contribution is -2.53. The zero-order valence-electron chi connectivity index (χ0n) is 22.9. The smallest absolute Gasteiger partial charge is 0.264 e. The number of carbonyl (C=O) groups is 2. The first-order valence-corrected chi connectivity index (χ1v) is 15.5. The monoisotopic (exact) mass is 581 g/mol. The quantitative estimate of drug-likeness (QED) is 0.314. The summed E-state index contributed by atoms with van der Waals surface area (Å²) in [7, 11) is -4.09. The number of rotatable bonds is 11. The van der Waals surface area contributed by atoms with Crippen molar-refractivity contribution in [2.45, 2.75) is 69.5 Å². The number of nitrogens with zero attached hydrogens (tertiary/aromatic N) is 2. The molecule has 1 saturated carbocycles. The van der Waals surface area contributed by atoms with Gasteiger partial charge in [-0.2, -0.15) is 0 Å². The molecule has 0 bridgehead atoms. The fourth-order valence-electron chi connectivity index (χ4n) is 5.06. The lowest BCUT2D eigenvalue weighted by molar-refractivity contribution is -0.140. The number of sulfonamides is 1. The van der Waals surface area contributed by atoms with E-state index >= 15 is 0 Å². The Labute approximate surface area is 242 Å². The molecule has 0 unspecified atom stereocenters. The SMILES string of the molecule is CC[C@@H](C(=O)NC1CCCC1)N(Cc1ccccc1Cl)C(=O)CN(c1ccccc1)S(=O)(=O)c1ccc(C)cc1. The van der Waals surface area contributed by atoms with Crippen molar-refractivity contribution < 1.29 is 18.0 Å². The van der Waals surface area contributed by atoms with E-state index in [1.165, 1.54) is 17.0 Å². The van der Waals surface area contributed by atoms with E-state index in [0.717, 1.165) is 35.6 Å². The minimum absolute atomic E-state index is 0.0717. The van der Waals surface area contributed by atoms with E-state index in [1.54, 1.807) is 54.6 Å². The fraction of sp³-hybridized carbons (Fsp3) is 0.355. The minimum Gasteiger partial charge on any atom is -0.352 e. The maximum absolute atomic E-state index is 14.1. The molecule has 1 atom stereocenters. The summed E-state index contributed by atoms with van der Waals surface area (Å²) in [5, 5.41) is 3.59. The average molecular weight is 582 g/mol. The highest BCUT2D eigenvalue weighted by Crippen LogP contribution is 2.26. The molecule has 1 N–H and O–H groups in total. The van der Waals surface area contributed by atoms with Crippen LogP contribution in [-0.2, 0) is 26.2 Å². The summed E-state index contributed by atoms with van der Waals surface area (Å²) in [5.74, 6) is -0.727. The number of anilines is 1. The van der Waals surface area contributed by atoms with Crippen LogP contribution in [0.25, 0.3) is 0 Å². The topological polar surface area (TPSA) is 86.8 Å². The van der Waals surface area contributed by atoms with Gasteiger partial charge in [0.05, 0.1) is 10.6 Å². The molecule has 4 rings (SSSR count). The van der Waals surface area contributed by atoms with Gasteiger partial charge >= 0.3 is 0 Å². The molecule has 0 aliphatic heterocycles. The molecule has 0 heterocycles. The highest BCUT2D eigenvalue weighted by Gasteiger charge is 2.34. The largest absolute Gasteiger partial charge is 0.352 e. The number of para-hydroxylation sites is 1. The molecule has 0 saturated heterocycles. The Hall–Kier alpha value is -3.36. The lowest BCUT2D eigenvalue weighted by Gasteiger charge is -2.34. The zero-order valence-corrected chi connectivity index (χ0v) is 24.5. The van der Waals surface area contributed by atoms with Crippen LogP contribution >= 0.6 is 11.6 Å². The predicted molar refractivity (Wildman–Crippen MR) is 159 cm³/mol. The molecular weight excluding hydrogens is 546 g/mol. The van der Waals surface area contributed by atoms with Crippen molar-refractivity contribution >= 4 is 39.1 Å². The van der Waals surface area contributed by atoms with Crippen molar-refractivity contribution in [3.8, 4) is 0 Å². The summed E-state index contributed by atoms with van der Waals surface area (Å²) >= 11 is 6.46. The predicted octanol–water partition coefficient (Wildman–Crippen LogP) is 5.71. The summed E-state index contributed by atoms with van der Waals surface area (Å²) in [6, 6.07) is 21.5. The van der Waals surface area contributed by atoms with Gasteiger partial charge in [0.15, 0.2) is 0 Å². The van der Waals surface area contributed by atoms with Gasteiger partial charge in [-0.15, -0.1) is 0 Å². The third-order valence-corrected chi connectivity index (χ3v) is 9.47. The van der Waals surface area contributed by atoms with E-state index in [1.807, 2.05) is 26.0 Å². The number of nitrogens with one attached hydrogen (secondary N) is 1. The number of carbonyl (C=O) groups excluding carboxylic acids is 2. The third-order valence-electron chi connectivity index (χ3n) is 7.32. The second-order valence-electron chi connectivity index (χ2n) is 10.2. The van der Waals surface area contributed by atoms with Crippen LogP contribution in [0.5, 0.6) is 0 Å².